The Bertz CT molecular complexity index is 2880. The summed E-state index contributed by atoms with van der Waals surface area (Å²) in [5.74, 6) is 0. The van der Waals surface area contributed by atoms with E-state index < -0.39 is 0 Å². The minimum atomic E-state index is 1.12. The minimum absolute atomic E-state index is 1.12. The summed E-state index contributed by atoms with van der Waals surface area (Å²) in [6.45, 7) is 0. The van der Waals surface area contributed by atoms with Crippen LogP contribution < -0.4 is 4.90 Å². The molecular weight excluding hydrogens is 647 g/mol. The molecule has 0 fully saturated rings. The molecule has 1 nitrogen and oxygen atoms in total. The van der Waals surface area contributed by atoms with Crippen LogP contribution in [0.3, 0.4) is 0 Å². The van der Waals surface area contributed by atoms with E-state index in [1.807, 2.05) is 11.3 Å². The van der Waals surface area contributed by atoms with Crippen LogP contribution in [0.4, 0.5) is 17.1 Å². The number of hydrogen-bond acceptors (Lipinski definition) is 2. The molecule has 52 heavy (non-hydrogen) atoms. The van der Waals surface area contributed by atoms with Gasteiger partial charge in [-0.05, 0) is 110 Å². The van der Waals surface area contributed by atoms with Crippen LogP contribution in [-0.2, 0) is 0 Å². The fourth-order valence-corrected chi connectivity index (χ4v) is 8.75. The van der Waals surface area contributed by atoms with Crippen molar-refractivity contribution in [2.75, 3.05) is 4.90 Å². The molecule has 0 atom stereocenters. The normalized spacial score (nSPS) is 11.5. The summed E-state index contributed by atoms with van der Waals surface area (Å²) in [5, 5.41) is 7.63. The number of fused-ring (bicyclic) bond motifs is 5. The van der Waals surface area contributed by atoms with Crippen molar-refractivity contribution in [1.29, 1.82) is 0 Å². The molecule has 9 aromatic carbocycles. The zero-order chi connectivity index (χ0) is 34.4. The molecule has 0 aliphatic carbocycles. The highest BCUT2D eigenvalue weighted by Gasteiger charge is 2.16. The second-order valence-corrected chi connectivity index (χ2v) is 14.5. The molecule has 0 spiro atoms. The van der Waals surface area contributed by atoms with Crippen LogP contribution in [0.2, 0.25) is 0 Å². The summed E-state index contributed by atoms with van der Waals surface area (Å²) < 4.78 is 2.61. The predicted octanol–water partition coefficient (Wildman–Crippen LogP) is 14.8. The lowest BCUT2D eigenvalue weighted by molar-refractivity contribution is 1.29. The van der Waals surface area contributed by atoms with Gasteiger partial charge in [0, 0.05) is 37.2 Å². The van der Waals surface area contributed by atoms with Gasteiger partial charge in [-0.2, -0.15) is 0 Å². The van der Waals surface area contributed by atoms with Gasteiger partial charge >= 0.3 is 0 Å². The van der Waals surface area contributed by atoms with Crippen molar-refractivity contribution < 1.29 is 0 Å². The highest BCUT2D eigenvalue weighted by Crippen LogP contribution is 2.42. The molecule has 1 aromatic heterocycles. The molecule has 10 rings (SSSR count). The second kappa shape index (κ2) is 12.7. The molecule has 0 unspecified atom stereocenters. The maximum atomic E-state index is 2.38. The van der Waals surface area contributed by atoms with E-state index in [1.165, 1.54) is 75.1 Å². The molecule has 0 aliphatic heterocycles. The lowest BCUT2D eigenvalue weighted by Gasteiger charge is -2.26. The summed E-state index contributed by atoms with van der Waals surface area (Å²) in [4.78, 5) is 2.38. The molecule has 244 valence electrons. The van der Waals surface area contributed by atoms with Crippen molar-refractivity contribution in [3.8, 4) is 33.4 Å². The first kappa shape index (κ1) is 30.4. The van der Waals surface area contributed by atoms with Crippen molar-refractivity contribution in [3.05, 3.63) is 200 Å². The van der Waals surface area contributed by atoms with Crippen LogP contribution in [0.25, 0.3) is 75.1 Å². The van der Waals surface area contributed by atoms with E-state index in [9.17, 15) is 0 Å². The molecule has 0 bridgehead atoms. The summed E-state index contributed by atoms with van der Waals surface area (Å²) in [6.07, 6.45) is 0. The largest absolute Gasteiger partial charge is 0.310 e. The number of anilines is 3. The Labute approximate surface area is 307 Å². The quantitative estimate of drug-likeness (QED) is 0.169. The van der Waals surface area contributed by atoms with E-state index in [2.05, 4.69) is 205 Å². The van der Waals surface area contributed by atoms with Gasteiger partial charge in [0.2, 0.25) is 0 Å². The molecule has 0 aliphatic rings. The van der Waals surface area contributed by atoms with Crippen LogP contribution in [0.5, 0.6) is 0 Å². The van der Waals surface area contributed by atoms with E-state index in [-0.39, 0.29) is 0 Å². The van der Waals surface area contributed by atoms with Crippen LogP contribution in [0.1, 0.15) is 0 Å². The van der Waals surface area contributed by atoms with Gasteiger partial charge in [-0.3, -0.25) is 0 Å². The number of hydrogen-bond donors (Lipinski definition) is 0. The minimum Gasteiger partial charge on any atom is -0.310 e. The fourth-order valence-electron chi connectivity index (χ4n) is 7.61. The zero-order valence-corrected chi connectivity index (χ0v) is 29.2. The van der Waals surface area contributed by atoms with E-state index in [1.54, 1.807) is 0 Å². The number of nitrogens with zero attached hydrogens (tertiary/aromatic N) is 1. The molecule has 0 saturated carbocycles. The average molecular weight is 680 g/mol. The smallest absolute Gasteiger partial charge is 0.0476 e. The second-order valence-electron chi connectivity index (χ2n) is 13.4. The highest BCUT2D eigenvalue weighted by molar-refractivity contribution is 7.25. The van der Waals surface area contributed by atoms with E-state index >= 15 is 0 Å². The van der Waals surface area contributed by atoms with Gasteiger partial charge in [0.25, 0.3) is 0 Å². The Kier molecular flexibility index (Phi) is 7.41. The Hall–Kier alpha value is -6.48. The maximum absolute atomic E-state index is 2.38. The topological polar surface area (TPSA) is 3.24 Å². The molecule has 0 radical (unpaired) electrons. The summed E-state index contributed by atoms with van der Waals surface area (Å²) in [7, 11) is 0. The third-order valence-electron chi connectivity index (χ3n) is 10.3. The maximum Gasteiger partial charge on any atom is 0.0476 e. The van der Waals surface area contributed by atoms with Crippen molar-refractivity contribution in [2.24, 2.45) is 0 Å². The zero-order valence-electron chi connectivity index (χ0n) is 28.4. The van der Waals surface area contributed by atoms with Crippen molar-refractivity contribution >= 4 is 70.1 Å². The van der Waals surface area contributed by atoms with Gasteiger partial charge < -0.3 is 4.90 Å². The van der Waals surface area contributed by atoms with E-state index in [0.29, 0.717) is 0 Å². The monoisotopic (exact) mass is 679 g/mol. The van der Waals surface area contributed by atoms with Crippen molar-refractivity contribution in [2.45, 2.75) is 0 Å². The number of thiophene rings is 1. The summed E-state index contributed by atoms with van der Waals surface area (Å²) in [6, 6.07) is 73.0. The van der Waals surface area contributed by atoms with Crippen molar-refractivity contribution in [3.63, 3.8) is 0 Å². The van der Waals surface area contributed by atoms with Crippen LogP contribution in [0, 0.1) is 0 Å². The van der Waals surface area contributed by atoms with Gasteiger partial charge in [-0.15, -0.1) is 11.3 Å². The number of benzene rings is 9. The Morgan fingerprint density at radius 1 is 0.288 bits per heavy atom. The summed E-state index contributed by atoms with van der Waals surface area (Å²) >= 11 is 1.86. The first-order chi connectivity index (χ1) is 25.7. The molecule has 1 heterocycles. The Balaban J connectivity index is 1.05. The predicted molar refractivity (Wildman–Crippen MR) is 225 cm³/mol. The average Bonchev–Trinajstić information content (AvgIpc) is 3.59. The SMILES string of the molecule is c1ccc(-c2ccc3ccc(-c4ccc(N(c5ccc(-c6cccc7ccccc67)cc5)c5ccc6c(c5)sc5ccccc56)cc4)cc3c2)cc1. The molecule has 0 saturated heterocycles. The van der Waals surface area contributed by atoms with E-state index in [4.69, 9.17) is 0 Å². The van der Waals surface area contributed by atoms with Crippen LogP contribution >= 0.6 is 11.3 Å². The molecule has 0 N–H and O–H groups in total. The summed E-state index contributed by atoms with van der Waals surface area (Å²) in [5.41, 5.74) is 10.7. The standard InChI is InChI=1S/C50H33NS/c1-2-9-34(10-3-1)39-19-17-36-18-20-40(32-41(36)31-39)35-21-25-42(26-22-35)51(44-29-30-48-47-14-6-7-16-49(47)52-50(48)33-44)43-27-23-38(24-28-43)46-15-8-12-37-11-4-5-13-45(37)46/h1-33H. The van der Waals surface area contributed by atoms with Gasteiger partial charge in [-0.1, -0.05) is 146 Å². The molecular formula is C50H33NS. The molecule has 0 amide bonds. The van der Waals surface area contributed by atoms with Crippen LogP contribution in [-0.4, -0.2) is 0 Å². The lowest BCUT2D eigenvalue weighted by Crippen LogP contribution is -2.09. The first-order valence-electron chi connectivity index (χ1n) is 17.7. The van der Waals surface area contributed by atoms with Crippen molar-refractivity contribution in [1.82, 2.24) is 0 Å². The lowest BCUT2D eigenvalue weighted by atomic mass is 9.97. The van der Waals surface area contributed by atoms with Gasteiger partial charge in [0.05, 0.1) is 0 Å². The van der Waals surface area contributed by atoms with Crippen LogP contribution in [0.15, 0.2) is 200 Å². The highest BCUT2D eigenvalue weighted by atomic mass is 32.1. The Morgan fingerprint density at radius 3 is 1.60 bits per heavy atom. The fraction of sp³-hybridized carbons (Fsp3) is 0. The third kappa shape index (κ3) is 5.42. The molecule has 10 aromatic rings. The van der Waals surface area contributed by atoms with E-state index in [0.717, 1.165) is 17.1 Å². The third-order valence-corrected chi connectivity index (χ3v) is 11.4. The van der Waals surface area contributed by atoms with Gasteiger partial charge in [0.15, 0.2) is 0 Å². The molecule has 2 heteroatoms. The van der Waals surface area contributed by atoms with Gasteiger partial charge in [0.1, 0.15) is 0 Å². The first-order valence-corrected chi connectivity index (χ1v) is 18.6. The number of rotatable bonds is 6. The Morgan fingerprint density at radius 2 is 0.846 bits per heavy atom. The van der Waals surface area contributed by atoms with Gasteiger partial charge in [-0.25, -0.2) is 0 Å².